The van der Waals surface area contributed by atoms with Gasteiger partial charge in [-0.05, 0) is 35.0 Å². The van der Waals surface area contributed by atoms with Crippen LogP contribution in [0, 0.1) is 0 Å². The lowest BCUT2D eigenvalue weighted by Gasteiger charge is -2.19. The zero-order valence-electron chi connectivity index (χ0n) is 9.81. The number of thioether (sulfide) groups is 2. The molecule has 0 saturated carbocycles. The van der Waals surface area contributed by atoms with Crippen LogP contribution in [-0.4, -0.2) is 27.7 Å². The molecule has 2 heterocycles. The van der Waals surface area contributed by atoms with Gasteiger partial charge < -0.3 is 4.42 Å². The number of nitrogens with zero attached hydrogens (tertiary/aromatic N) is 1. The number of amides is 1. The second-order valence-electron chi connectivity index (χ2n) is 3.94. The Bertz CT molecular complexity index is 456. The van der Waals surface area contributed by atoms with Crippen LogP contribution in [0.3, 0.4) is 0 Å². The molecule has 1 aliphatic heterocycles. The topological polar surface area (TPSA) is 54.6 Å². The van der Waals surface area contributed by atoms with E-state index in [1.807, 2.05) is 23.5 Å². The van der Waals surface area contributed by atoms with Crippen LogP contribution >= 0.6 is 39.5 Å². The minimum Gasteiger partial charge on any atom is -0.448 e. The van der Waals surface area contributed by atoms with Crippen molar-refractivity contribution in [2.45, 2.75) is 17.4 Å². The summed E-state index contributed by atoms with van der Waals surface area (Å²) in [6.07, 6.45) is 1.96. The van der Waals surface area contributed by atoms with E-state index in [9.17, 15) is 4.79 Å². The molecule has 4 nitrogen and oxygen atoms in total. The Morgan fingerprint density at radius 2 is 2.33 bits per heavy atom. The van der Waals surface area contributed by atoms with E-state index in [-0.39, 0.29) is 9.99 Å². The summed E-state index contributed by atoms with van der Waals surface area (Å²) in [5.41, 5.74) is 2.52. The summed E-state index contributed by atoms with van der Waals surface area (Å²) in [7, 11) is 0. The van der Waals surface area contributed by atoms with Gasteiger partial charge in [0.15, 0.2) is 4.67 Å². The Morgan fingerprint density at radius 1 is 1.61 bits per heavy atom. The van der Waals surface area contributed by atoms with Gasteiger partial charge in [-0.3, -0.25) is 4.79 Å². The highest BCUT2D eigenvalue weighted by Gasteiger charge is 2.32. The average molecular weight is 349 g/mol. The molecule has 0 spiro atoms. The molecule has 1 fully saturated rings. The first-order valence-corrected chi connectivity index (χ1v) is 8.19. The lowest BCUT2D eigenvalue weighted by Crippen LogP contribution is -2.26. The summed E-state index contributed by atoms with van der Waals surface area (Å²) in [4.78, 5) is 11.7. The SMILES string of the molecule is CC1(CC(=O)N/N=C/c2ccc(Br)o2)SCCS1. The lowest BCUT2D eigenvalue weighted by molar-refractivity contribution is -0.121. The molecule has 1 aliphatic rings. The van der Waals surface area contributed by atoms with Crippen LogP contribution in [0.5, 0.6) is 0 Å². The van der Waals surface area contributed by atoms with Crippen molar-refractivity contribution in [1.29, 1.82) is 0 Å². The molecule has 1 amide bonds. The van der Waals surface area contributed by atoms with Gasteiger partial charge in [0.1, 0.15) is 5.76 Å². The first kappa shape index (κ1) is 14.0. The van der Waals surface area contributed by atoms with Gasteiger partial charge in [-0.25, -0.2) is 5.43 Å². The standard InChI is InChI=1S/C11H13BrN2O2S2/c1-11(17-4-5-18-11)6-10(15)14-13-7-8-2-3-9(12)16-8/h2-3,7H,4-6H2,1H3,(H,14,15)/b13-7+. The fraction of sp³-hybridized carbons (Fsp3) is 0.455. The molecule has 2 rings (SSSR count). The predicted molar refractivity (Wildman–Crippen MR) is 80.1 cm³/mol. The van der Waals surface area contributed by atoms with E-state index in [1.165, 1.54) is 6.21 Å². The van der Waals surface area contributed by atoms with Gasteiger partial charge in [-0.1, -0.05) is 0 Å². The maximum Gasteiger partial charge on any atom is 0.242 e. The Balaban J connectivity index is 1.79. The third-order valence-corrected chi connectivity index (χ3v) is 6.07. The summed E-state index contributed by atoms with van der Waals surface area (Å²) in [5, 5.41) is 3.87. The molecule has 98 valence electrons. The van der Waals surface area contributed by atoms with Crippen molar-refractivity contribution >= 4 is 51.6 Å². The summed E-state index contributed by atoms with van der Waals surface area (Å²) in [6, 6.07) is 3.54. The first-order valence-electron chi connectivity index (χ1n) is 5.43. The van der Waals surface area contributed by atoms with E-state index in [2.05, 4.69) is 33.4 Å². The molecule has 0 unspecified atom stereocenters. The van der Waals surface area contributed by atoms with Crippen LogP contribution in [-0.2, 0) is 4.79 Å². The van der Waals surface area contributed by atoms with Gasteiger partial charge in [0, 0.05) is 11.5 Å². The number of rotatable bonds is 4. The van der Waals surface area contributed by atoms with Crippen molar-refractivity contribution in [3.05, 3.63) is 22.6 Å². The normalized spacial score (nSPS) is 18.3. The molecule has 18 heavy (non-hydrogen) atoms. The third-order valence-electron chi connectivity index (χ3n) is 2.35. The molecular weight excluding hydrogens is 336 g/mol. The molecule has 1 aromatic rings. The summed E-state index contributed by atoms with van der Waals surface area (Å²) in [5.74, 6) is 2.75. The smallest absolute Gasteiger partial charge is 0.242 e. The number of hydrogen-bond acceptors (Lipinski definition) is 5. The van der Waals surface area contributed by atoms with E-state index in [1.54, 1.807) is 12.1 Å². The Kier molecular flexibility index (Phi) is 4.80. The van der Waals surface area contributed by atoms with E-state index < -0.39 is 0 Å². The van der Waals surface area contributed by atoms with Crippen LogP contribution in [0.1, 0.15) is 19.1 Å². The molecular formula is C11H13BrN2O2S2. The van der Waals surface area contributed by atoms with Crippen molar-refractivity contribution in [3.63, 3.8) is 0 Å². The van der Waals surface area contributed by atoms with Crippen LogP contribution < -0.4 is 5.43 Å². The number of hydrogen-bond donors (Lipinski definition) is 1. The van der Waals surface area contributed by atoms with E-state index >= 15 is 0 Å². The van der Waals surface area contributed by atoms with Crippen LogP contribution in [0.25, 0.3) is 0 Å². The molecule has 1 aromatic heterocycles. The third kappa shape index (κ3) is 4.07. The molecule has 0 aromatic carbocycles. The number of halogens is 1. The molecule has 0 atom stereocenters. The fourth-order valence-corrected chi connectivity index (χ4v) is 4.70. The molecule has 0 bridgehead atoms. The highest BCUT2D eigenvalue weighted by Crippen LogP contribution is 2.45. The number of furan rings is 1. The number of carbonyl (C=O) groups is 1. The summed E-state index contributed by atoms with van der Waals surface area (Å²) < 4.78 is 5.86. The monoisotopic (exact) mass is 348 g/mol. The zero-order valence-corrected chi connectivity index (χ0v) is 13.0. The number of carbonyl (C=O) groups excluding carboxylic acids is 1. The number of nitrogens with one attached hydrogen (secondary N) is 1. The molecule has 1 saturated heterocycles. The molecule has 7 heteroatoms. The predicted octanol–water partition coefficient (Wildman–Crippen LogP) is 3.08. The van der Waals surface area contributed by atoms with Crippen LogP contribution in [0.4, 0.5) is 0 Å². The van der Waals surface area contributed by atoms with Gasteiger partial charge in [-0.2, -0.15) is 5.10 Å². The Labute approximate surface area is 122 Å². The molecule has 1 N–H and O–H groups in total. The van der Waals surface area contributed by atoms with Crippen molar-refractivity contribution < 1.29 is 9.21 Å². The van der Waals surface area contributed by atoms with Gasteiger partial charge in [0.2, 0.25) is 5.91 Å². The Hall–Kier alpha value is -0.400. The van der Waals surface area contributed by atoms with Gasteiger partial charge in [0.25, 0.3) is 0 Å². The zero-order chi connectivity index (χ0) is 13.0. The minimum absolute atomic E-state index is 0.00663. The van der Waals surface area contributed by atoms with Crippen molar-refractivity contribution in [2.75, 3.05) is 11.5 Å². The minimum atomic E-state index is -0.0683. The summed E-state index contributed by atoms with van der Waals surface area (Å²) >= 11 is 6.86. The maximum absolute atomic E-state index is 11.7. The van der Waals surface area contributed by atoms with Crippen molar-refractivity contribution in [1.82, 2.24) is 5.43 Å². The first-order chi connectivity index (χ1) is 8.57. The largest absolute Gasteiger partial charge is 0.448 e. The van der Waals surface area contributed by atoms with Crippen molar-refractivity contribution in [3.8, 4) is 0 Å². The van der Waals surface area contributed by atoms with E-state index in [4.69, 9.17) is 4.42 Å². The van der Waals surface area contributed by atoms with Crippen LogP contribution in [0.2, 0.25) is 0 Å². The maximum atomic E-state index is 11.7. The highest BCUT2D eigenvalue weighted by atomic mass is 79.9. The van der Waals surface area contributed by atoms with E-state index in [0.717, 1.165) is 11.5 Å². The van der Waals surface area contributed by atoms with Gasteiger partial charge >= 0.3 is 0 Å². The fourth-order valence-electron chi connectivity index (χ4n) is 1.56. The second-order valence-corrected chi connectivity index (χ2v) is 8.18. The summed E-state index contributed by atoms with van der Waals surface area (Å²) in [6.45, 7) is 2.10. The number of hydrazone groups is 1. The van der Waals surface area contributed by atoms with Gasteiger partial charge in [0.05, 0.1) is 16.7 Å². The lowest BCUT2D eigenvalue weighted by atomic mass is 10.3. The van der Waals surface area contributed by atoms with Crippen molar-refractivity contribution in [2.24, 2.45) is 5.10 Å². The van der Waals surface area contributed by atoms with Gasteiger partial charge in [-0.15, -0.1) is 23.5 Å². The van der Waals surface area contributed by atoms with E-state index in [0.29, 0.717) is 16.9 Å². The highest BCUT2D eigenvalue weighted by molar-refractivity contribution is 9.10. The quantitative estimate of drug-likeness (QED) is 0.671. The second kappa shape index (κ2) is 6.16. The molecule has 0 radical (unpaired) electrons. The molecule has 0 aliphatic carbocycles. The van der Waals surface area contributed by atoms with Crippen LogP contribution in [0.15, 0.2) is 26.3 Å². The Morgan fingerprint density at radius 3 is 2.94 bits per heavy atom. The average Bonchev–Trinajstić information content (AvgIpc) is 2.88.